The van der Waals surface area contributed by atoms with Crippen LogP contribution < -0.4 is 5.32 Å². The highest BCUT2D eigenvalue weighted by molar-refractivity contribution is 6.30. The smallest absolute Gasteiger partial charge is 0.276 e. The molecule has 3 rings (SSSR count). The first-order valence-corrected chi connectivity index (χ1v) is 9.44. The summed E-state index contributed by atoms with van der Waals surface area (Å²) in [6.45, 7) is 3.02. The van der Waals surface area contributed by atoms with Gasteiger partial charge in [0.25, 0.3) is 5.91 Å². The zero-order valence-electron chi connectivity index (χ0n) is 16.2. The normalized spacial score (nSPS) is 10.7. The van der Waals surface area contributed by atoms with E-state index in [4.69, 9.17) is 16.0 Å². The first kappa shape index (κ1) is 21.4. The Bertz CT molecular complexity index is 1060. The van der Waals surface area contributed by atoms with Gasteiger partial charge in [-0.05, 0) is 50.2 Å². The molecule has 6 nitrogen and oxygen atoms in total. The van der Waals surface area contributed by atoms with Crippen molar-refractivity contribution >= 4 is 29.1 Å². The van der Waals surface area contributed by atoms with E-state index < -0.39 is 35.7 Å². The van der Waals surface area contributed by atoms with Crippen molar-refractivity contribution in [1.82, 2.24) is 9.88 Å². The third-order valence-electron chi connectivity index (χ3n) is 4.32. The number of anilines is 1. The van der Waals surface area contributed by atoms with E-state index in [1.165, 1.54) is 11.0 Å². The SMILES string of the molecule is CCN(CC(=O)Nc1c(F)cccc1F)C(=O)c1nc(-c2ccc(Cl)cc2)oc1C. The first-order valence-electron chi connectivity index (χ1n) is 9.06. The lowest BCUT2D eigenvalue weighted by atomic mass is 10.2. The van der Waals surface area contributed by atoms with Crippen LogP contribution in [0.4, 0.5) is 14.5 Å². The molecule has 0 fully saturated rings. The van der Waals surface area contributed by atoms with Gasteiger partial charge in [-0.3, -0.25) is 9.59 Å². The molecule has 0 radical (unpaired) electrons. The highest BCUT2D eigenvalue weighted by Gasteiger charge is 2.25. The number of amides is 2. The fourth-order valence-corrected chi connectivity index (χ4v) is 2.88. The molecule has 0 saturated heterocycles. The number of nitrogens with zero attached hydrogens (tertiary/aromatic N) is 2. The molecule has 0 bridgehead atoms. The molecule has 0 saturated carbocycles. The van der Waals surface area contributed by atoms with E-state index >= 15 is 0 Å². The zero-order chi connectivity index (χ0) is 21.8. The molecule has 0 unspecified atom stereocenters. The number of halogens is 3. The summed E-state index contributed by atoms with van der Waals surface area (Å²) in [5.74, 6) is -2.57. The number of hydrogen-bond acceptors (Lipinski definition) is 4. The third kappa shape index (κ3) is 4.65. The maximum Gasteiger partial charge on any atom is 0.276 e. The van der Waals surface area contributed by atoms with Gasteiger partial charge in [0.05, 0.1) is 0 Å². The Balaban J connectivity index is 1.76. The molecular weight excluding hydrogens is 416 g/mol. The van der Waals surface area contributed by atoms with Gasteiger partial charge >= 0.3 is 0 Å². The van der Waals surface area contributed by atoms with Crippen LogP contribution in [0.2, 0.25) is 5.02 Å². The van der Waals surface area contributed by atoms with Gasteiger partial charge < -0.3 is 14.6 Å². The Labute approximate surface area is 176 Å². The lowest BCUT2D eigenvalue weighted by molar-refractivity contribution is -0.116. The predicted octanol–water partition coefficient (Wildman–Crippen LogP) is 4.68. The molecule has 2 amide bonds. The number of nitrogens with one attached hydrogen (secondary N) is 1. The summed E-state index contributed by atoms with van der Waals surface area (Å²) in [7, 11) is 0. The van der Waals surface area contributed by atoms with E-state index in [9.17, 15) is 18.4 Å². The summed E-state index contributed by atoms with van der Waals surface area (Å²) in [5, 5.41) is 2.71. The summed E-state index contributed by atoms with van der Waals surface area (Å²) < 4.78 is 33.0. The summed E-state index contributed by atoms with van der Waals surface area (Å²) in [6.07, 6.45) is 0. The molecule has 0 aliphatic rings. The summed E-state index contributed by atoms with van der Waals surface area (Å²) >= 11 is 5.88. The van der Waals surface area contributed by atoms with Crippen molar-refractivity contribution in [1.29, 1.82) is 0 Å². The van der Waals surface area contributed by atoms with Crippen molar-refractivity contribution in [2.24, 2.45) is 0 Å². The Morgan fingerprint density at radius 1 is 1.13 bits per heavy atom. The van der Waals surface area contributed by atoms with Gasteiger partial charge in [-0.2, -0.15) is 0 Å². The van der Waals surface area contributed by atoms with Gasteiger partial charge in [-0.15, -0.1) is 0 Å². The van der Waals surface area contributed by atoms with Crippen molar-refractivity contribution in [2.75, 3.05) is 18.4 Å². The number of likely N-dealkylation sites (N-methyl/N-ethyl adjacent to an activating group) is 1. The fourth-order valence-electron chi connectivity index (χ4n) is 2.76. The molecular formula is C21H18ClF2N3O3. The van der Waals surface area contributed by atoms with Crippen LogP contribution in [0.5, 0.6) is 0 Å². The van der Waals surface area contributed by atoms with E-state index in [2.05, 4.69) is 10.3 Å². The minimum Gasteiger partial charge on any atom is -0.441 e. The Kier molecular flexibility index (Phi) is 6.47. The van der Waals surface area contributed by atoms with Crippen molar-refractivity contribution < 1.29 is 22.8 Å². The molecule has 9 heteroatoms. The van der Waals surface area contributed by atoms with Crippen molar-refractivity contribution in [3.05, 3.63) is 70.6 Å². The molecule has 2 aromatic carbocycles. The maximum absolute atomic E-state index is 13.7. The molecule has 3 aromatic rings. The second kappa shape index (κ2) is 9.04. The number of carbonyl (C=O) groups excluding carboxylic acids is 2. The van der Waals surface area contributed by atoms with Crippen LogP contribution in [0.15, 0.2) is 46.9 Å². The van der Waals surface area contributed by atoms with Crippen molar-refractivity contribution in [2.45, 2.75) is 13.8 Å². The Morgan fingerprint density at radius 3 is 2.37 bits per heavy atom. The van der Waals surface area contributed by atoms with E-state index in [0.29, 0.717) is 10.6 Å². The van der Waals surface area contributed by atoms with Crippen LogP contribution in [0.25, 0.3) is 11.5 Å². The number of hydrogen-bond donors (Lipinski definition) is 1. The molecule has 156 valence electrons. The number of aromatic nitrogens is 1. The lowest BCUT2D eigenvalue weighted by Gasteiger charge is -2.19. The van der Waals surface area contributed by atoms with Crippen LogP contribution >= 0.6 is 11.6 Å². The topological polar surface area (TPSA) is 75.4 Å². The van der Waals surface area contributed by atoms with E-state index in [-0.39, 0.29) is 23.9 Å². The molecule has 1 heterocycles. The van der Waals surface area contributed by atoms with Gasteiger partial charge in [-0.1, -0.05) is 17.7 Å². The van der Waals surface area contributed by atoms with E-state index in [1.54, 1.807) is 38.1 Å². The molecule has 30 heavy (non-hydrogen) atoms. The molecule has 0 spiro atoms. The average Bonchev–Trinajstić information content (AvgIpc) is 3.10. The lowest BCUT2D eigenvalue weighted by Crippen LogP contribution is -2.38. The molecule has 0 aliphatic carbocycles. The van der Waals surface area contributed by atoms with Gasteiger partial charge in [-0.25, -0.2) is 13.8 Å². The quantitative estimate of drug-likeness (QED) is 0.612. The minimum atomic E-state index is -0.905. The van der Waals surface area contributed by atoms with Crippen LogP contribution in [-0.2, 0) is 4.79 Å². The number of para-hydroxylation sites is 1. The van der Waals surface area contributed by atoms with Crippen molar-refractivity contribution in [3.8, 4) is 11.5 Å². The minimum absolute atomic E-state index is 0.0478. The van der Waals surface area contributed by atoms with Gasteiger partial charge in [0.15, 0.2) is 5.69 Å². The highest BCUT2D eigenvalue weighted by atomic mass is 35.5. The van der Waals surface area contributed by atoms with Crippen LogP contribution in [-0.4, -0.2) is 34.8 Å². The third-order valence-corrected chi connectivity index (χ3v) is 4.57. The van der Waals surface area contributed by atoms with Crippen LogP contribution in [0.1, 0.15) is 23.2 Å². The monoisotopic (exact) mass is 433 g/mol. The van der Waals surface area contributed by atoms with Crippen LogP contribution in [0, 0.1) is 18.6 Å². The molecule has 1 aromatic heterocycles. The average molecular weight is 434 g/mol. The summed E-state index contributed by atoms with van der Waals surface area (Å²) in [6, 6.07) is 9.99. The Morgan fingerprint density at radius 2 is 1.77 bits per heavy atom. The number of oxazole rings is 1. The molecule has 0 atom stereocenters. The predicted molar refractivity (Wildman–Crippen MR) is 108 cm³/mol. The number of carbonyl (C=O) groups is 2. The van der Waals surface area contributed by atoms with Crippen LogP contribution in [0.3, 0.4) is 0 Å². The fraction of sp³-hybridized carbons (Fsp3) is 0.190. The molecule has 0 aliphatic heterocycles. The van der Waals surface area contributed by atoms with E-state index in [1.807, 2.05) is 0 Å². The number of aryl methyl sites for hydroxylation is 1. The second-order valence-corrected chi connectivity index (χ2v) is 6.83. The Hall–Kier alpha value is -3.26. The summed E-state index contributed by atoms with van der Waals surface area (Å²) in [4.78, 5) is 30.6. The van der Waals surface area contributed by atoms with Gasteiger partial charge in [0.2, 0.25) is 11.8 Å². The first-order chi connectivity index (χ1) is 14.3. The largest absolute Gasteiger partial charge is 0.441 e. The maximum atomic E-state index is 13.7. The standard InChI is InChI=1S/C21H18ClF2N3O3/c1-3-27(11-17(28)25-19-15(23)5-4-6-16(19)24)21(29)18-12(2)30-20(26-18)13-7-9-14(22)10-8-13/h4-10H,3,11H2,1-2H3,(H,25,28). The van der Waals surface area contributed by atoms with Gasteiger partial charge in [0.1, 0.15) is 29.6 Å². The second-order valence-electron chi connectivity index (χ2n) is 6.39. The van der Waals surface area contributed by atoms with Gasteiger partial charge in [0, 0.05) is 17.1 Å². The number of rotatable bonds is 6. The highest BCUT2D eigenvalue weighted by Crippen LogP contribution is 2.24. The summed E-state index contributed by atoms with van der Waals surface area (Å²) in [5.41, 5.74) is 0.123. The van der Waals surface area contributed by atoms with E-state index in [0.717, 1.165) is 12.1 Å². The van der Waals surface area contributed by atoms with Crippen molar-refractivity contribution in [3.63, 3.8) is 0 Å². The zero-order valence-corrected chi connectivity index (χ0v) is 17.0. The number of benzene rings is 2. The molecule has 1 N–H and O–H groups in total.